The van der Waals surface area contributed by atoms with Gasteiger partial charge in [-0.25, -0.2) is 4.99 Å². The number of carbonyl (C=O) groups is 1. The number of hydrogen-bond donors (Lipinski definition) is 0. The molecular formula is C23H37N3O2S. The number of hydrogen-bond acceptors (Lipinski definition) is 4. The van der Waals surface area contributed by atoms with Crippen LogP contribution in [0.1, 0.15) is 79.7 Å². The second kappa shape index (κ2) is 8.01. The fourth-order valence-electron chi connectivity index (χ4n) is 4.50. The lowest BCUT2D eigenvalue weighted by atomic mass is 9.65. The third-order valence-electron chi connectivity index (χ3n) is 6.99. The SMILES string of the molecule is CCCCc1cn(C(C)(C)C)sc1=NC(=O)[C@H]1CC[C@@](C)(C2=NCCO2)C1(C)C. The number of aliphatic imine (C=N–C) groups is 1. The quantitative estimate of drug-likeness (QED) is 0.678. The van der Waals surface area contributed by atoms with E-state index >= 15 is 0 Å². The minimum absolute atomic E-state index is 0.00833. The maximum atomic E-state index is 13.4. The van der Waals surface area contributed by atoms with Crippen LogP contribution in [-0.2, 0) is 21.5 Å². The molecule has 1 aliphatic carbocycles. The molecule has 1 amide bonds. The van der Waals surface area contributed by atoms with Gasteiger partial charge in [0.1, 0.15) is 11.3 Å². The highest BCUT2D eigenvalue weighted by Crippen LogP contribution is 2.57. The molecule has 0 saturated heterocycles. The van der Waals surface area contributed by atoms with Gasteiger partial charge in [0, 0.05) is 28.6 Å². The summed E-state index contributed by atoms with van der Waals surface area (Å²) in [7, 11) is 0. The summed E-state index contributed by atoms with van der Waals surface area (Å²) in [6.45, 7) is 16.7. The van der Waals surface area contributed by atoms with Crippen molar-refractivity contribution >= 4 is 23.3 Å². The monoisotopic (exact) mass is 419 g/mol. The van der Waals surface area contributed by atoms with Crippen molar-refractivity contribution in [2.24, 2.45) is 26.7 Å². The average molecular weight is 420 g/mol. The van der Waals surface area contributed by atoms with Crippen LogP contribution in [-0.4, -0.2) is 28.9 Å². The molecule has 162 valence electrons. The summed E-state index contributed by atoms with van der Waals surface area (Å²) in [6.07, 6.45) is 7.16. The van der Waals surface area contributed by atoms with E-state index in [9.17, 15) is 4.79 Å². The molecule has 0 N–H and O–H groups in total. The van der Waals surface area contributed by atoms with Crippen LogP contribution >= 0.6 is 11.5 Å². The van der Waals surface area contributed by atoms with E-state index in [0.717, 1.165) is 49.2 Å². The lowest BCUT2D eigenvalue weighted by Gasteiger charge is -2.39. The minimum Gasteiger partial charge on any atom is -0.479 e. The van der Waals surface area contributed by atoms with Gasteiger partial charge in [0.15, 0.2) is 5.90 Å². The van der Waals surface area contributed by atoms with Crippen LogP contribution in [0.5, 0.6) is 0 Å². The number of aryl methyl sites for hydroxylation is 1. The van der Waals surface area contributed by atoms with Crippen LogP contribution in [0.2, 0.25) is 0 Å². The molecule has 29 heavy (non-hydrogen) atoms. The minimum atomic E-state index is -0.238. The molecule has 1 aliphatic heterocycles. The average Bonchev–Trinajstić information content (AvgIpc) is 3.33. The molecule has 3 rings (SSSR count). The maximum Gasteiger partial charge on any atom is 0.250 e. The summed E-state index contributed by atoms with van der Waals surface area (Å²) in [5.74, 6) is 0.740. The van der Waals surface area contributed by atoms with Gasteiger partial charge in [0.2, 0.25) is 0 Å². The summed E-state index contributed by atoms with van der Waals surface area (Å²) in [5, 5.41) is 0. The molecule has 2 heterocycles. The fourth-order valence-corrected chi connectivity index (χ4v) is 5.54. The highest BCUT2D eigenvalue weighted by atomic mass is 32.1. The Morgan fingerprint density at radius 3 is 2.69 bits per heavy atom. The van der Waals surface area contributed by atoms with Crippen molar-refractivity contribution in [3.8, 4) is 0 Å². The van der Waals surface area contributed by atoms with Crippen LogP contribution in [0.3, 0.4) is 0 Å². The predicted octanol–water partition coefficient (Wildman–Crippen LogP) is 4.95. The molecule has 1 saturated carbocycles. The Morgan fingerprint density at radius 1 is 1.38 bits per heavy atom. The van der Waals surface area contributed by atoms with Crippen molar-refractivity contribution in [3.63, 3.8) is 0 Å². The Hall–Kier alpha value is -1.43. The van der Waals surface area contributed by atoms with Crippen molar-refractivity contribution in [3.05, 3.63) is 16.4 Å². The smallest absolute Gasteiger partial charge is 0.250 e. The molecule has 0 spiro atoms. The molecular weight excluding hydrogens is 382 g/mol. The zero-order chi connectivity index (χ0) is 21.4. The number of aromatic nitrogens is 1. The number of ether oxygens (including phenoxy) is 1. The number of unbranched alkanes of at least 4 members (excludes halogenated alkanes) is 1. The van der Waals surface area contributed by atoms with Crippen molar-refractivity contribution in [1.82, 2.24) is 3.96 Å². The van der Waals surface area contributed by atoms with Crippen LogP contribution in [0.15, 0.2) is 16.2 Å². The molecule has 0 radical (unpaired) electrons. The van der Waals surface area contributed by atoms with Gasteiger partial charge in [-0.3, -0.25) is 13.7 Å². The Kier molecular flexibility index (Phi) is 6.15. The van der Waals surface area contributed by atoms with Gasteiger partial charge in [0.25, 0.3) is 5.91 Å². The number of carbonyl (C=O) groups excluding carboxylic acids is 1. The van der Waals surface area contributed by atoms with E-state index in [-0.39, 0.29) is 28.2 Å². The lowest BCUT2D eigenvalue weighted by molar-refractivity contribution is -0.125. The second-order valence-corrected chi connectivity index (χ2v) is 11.2. The molecule has 2 atom stereocenters. The normalized spacial score (nSPS) is 27.2. The Labute approximate surface area is 179 Å². The van der Waals surface area contributed by atoms with Crippen LogP contribution in [0, 0.1) is 16.7 Å². The second-order valence-electron chi connectivity index (χ2n) is 10.3. The zero-order valence-corrected chi connectivity index (χ0v) is 20.0. The van der Waals surface area contributed by atoms with Crippen molar-refractivity contribution in [2.45, 2.75) is 86.1 Å². The van der Waals surface area contributed by atoms with E-state index in [0.29, 0.717) is 6.61 Å². The first kappa shape index (κ1) is 22.3. The number of amides is 1. The van der Waals surface area contributed by atoms with Gasteiger partial charge in [0.05, 0.1) is 6.54 Å². The highest BCUT2D eigenvalue weighted by Gasteiger charge is 2.58. The third kappa shape index (κ3) is 4.10. The van der Waals surface area contributed by atoms with Crippen molar-refractivity contribution < 1.29 is 9.53 Å². The van der Waals surface area contributed by atoms with E-state index in [1.165, 1.54) is 5.56 Å². The van der Waals surface area contributed by atoms with Gasteiger partial charge < -0.3 is 4.74 Å². The highest BCUT2D eigenvalue weighted by molar-refractivity contribution is 7.04. The Morgan fingerprint density at radius 2 is 2.10 bits per heavy atom. The first-order valence-corrected chi connectivity index (χ1v) is 11.8. The molecule has 1 aromatic heterocycles. The standard InChI is InChI=1S/C23H37N3O2S/c1-8-9-10-16-15-26(21(2,3)4)29-19(16)25-18(27)17-11-12-23(7,22(17,5)6)20-24-13-14-28-20/h15,17H,8-14H2,1-7H3/t17-,23+/m1/s1. The summed E-state index contributed by atoms with van der Waals surface area (Å²) >= 11 is 1.61. The first-order chi connectivity index (χ1) is 13.5. The third-order valence-corrected chi connectivity index (χ3v) is 8.36. The zero-order valence-electron chi connectivity index (χ0n) is 19.2. The van der Waals surface area contributed by atoms with Gasteiger partial charge in [-0.05, 0) is 63.4 Å². The Bertz CT molecular complexity index is 856. The van der Waals surface area contributed by atoms with Crippen LogP contribution in [0.4, 0.5) is 0 Å². The molecule has 1 fully saturated rings. The maximum absolute atomic E-state index is 13.4. The van der Waals surface area contributed by atoms with Crippen molar-refractivity contribution in [2.75, 3.05) is 13.2 Å². The van der Waals surface area contributed by atoms with Gasteiger partial charge in [-0.2, -0.15) is 0 Å². The van der Waals surface area contributed by atoms with Crippen molar-refractivity contribution in [1.29, 1.82) is 0 Å². The van der Waals surface area contributed by atoms with E-state index < -0.39 is 0 Å². The summed E-state index contributed by atoms with van der Waals surface area (Å²) in [5.41, 5.74) is 0.746. The van der Waals surface area contributed by atoms with E-state index in [1.807, 2.05) is 0 Å². The lowest BCUT2D eigenvalue weighted by Crippen LogP contribution is -2.42. The molecule has 1 aromatic rings. The fraction of sp³-hybridized carbons (Fsp3) is 0.783. The molecule has 2 aliphatic rings. The molecule has 0 unspecified atom stereocenters. The molecule has 0 aromatic carbocycles. The predicted molar refractivity (Wildman–Crippen MR) is 119 cm³/mol. The number of rotatable bonds is 5. The largest absolute Gasteiger partial charge is 0.479 e. The molecule has 6 heteroatoms. The van der Waals surface area contributed by atoms with Gasteiger partial charge in [-0.15, -0.1) is 0 Å². The van der Waals surface area contributed by atoms with E-state index in [2.05, 4.69) is 63.6 Å². The first-order valence-electron chi connectivity index (χ1n) is 11.0. The number of nitrogens with zero attached hydrogens (tertiary/aromatic N) is 3. The summed E-state index contributed by atoms with van der Waals surface area (Å²) in [4.78, 5) is 22.7. The Balaban J connectivity index is 1.93. The van der Waals surface area contributed by atoms with E-state index in [1.54, 1.807) is 11.5 Å². The van der Waals surface area contributed by atoms with Gasteiger partial charge >= 0.3 is 0 Å². The summed E-state index contributed by atoms with van der Waals surface area (Å²) in [6, 6.07) is 0. The molecule has 5 nitrogen and oxygen atoms in total. The van der Waals surface area contributed by atoms with E-state index in [4.69, 9.17) is 9.73 Å². The molecule has 0 bridgehead atoms. The van der Waals surface area contributed by atoms with Gasteiger partial charge in [-0.1, -0.05) is 34.1 Å². The topological polar surface area (TPSA) is 56.0 Å². The summed E-state index contributed by atoms with van der Waals surface area (Å²) < 4.78 is 8.95. The van der Waals surface area contributed by atoms with Crippen LogP contribution < -0.4 is 4.67 Å². The van der Waals surface area contributed by atoms with Crippen LogP contribution in [0.25, 0.3) is 0 Å².